The summed E-state index contributed by atoms with van der Waals surface area (Å²) in [5.41, 5.74) is 3.32. The van der Waals surface area contributed by atoms with Gasteiger partial charge < -0.3 is 10.2 Å². The Kier molecular flexibility index (Phi) is 3.45. The van der Waals surface area contributed by atoms with Crippen LogP contribution in [0.15, 0.2) is 18.2 Å². The Bertz CT molecular complexity index is 476. The molecule has 2 aliphatic rings. The van der Waals surface area contributed by atoms with E-state index in [0.717, 1.165) is 56.1 Å². The zero-order chi connectivity index (χ0) is 13.2. The third-order valence-electron chi connectivity index (χ3n) is 4.55. The molecule has 1 saturated heterocycles. The number of anilines is 1. The van der Waals surface area contributed by atoms with Crippen LogP contribution in [-0.4, -0.2) is 30.4 Å². The van der Waals surface area contributed by atoms with Crippen LogP contribution in [0.25, 0.3) is 0 Å². The molecule has 3 nitrogen and oxygen atoms in total. The zero-order valence-corrected chi connectivity index (χ0v) is 11.6. The summed E-state index contributed by atoms with van der Waals surface area (Å²) in [6.07, 6.45) is 4.63. The van der Waals surface area contributed by atoms with Crippen LogP contribution in [0, 0.1) is 5.92 Å². The van der Waals surface area contributed by atoms with Crippen molar-refractivity contribution >= 4 is 11.6 Å². The van der Waals surface area contributed by atoms with Gasteiger partial charge in [-0.1, -0.05) is 19.4 Å². The van der Waals surface area contributed by atoms with Crippen molar-refractivity contribution in [2.75, 3.05) is 25.0 Å². The van der Waals surface area contributed by atoms with Gasteiger partial charge in [-0.05, 0) is 42.9 Å². The number of hydrogen-bond acceptors (Lipinski definition) is 2. The first kappa shape index (κ1) is 12.5. The summed E-state index contributed by atoms with van der Waals surface area (Å²) in [6.45, 7) is 5.08. The summed E-state index contributed by atoms with van der Waals surface area (Å²) < 4.78 is 0. The number of carbonyl (C=O) groups excluding carboxylic acids is 1. The van der Waals surface area contributed by atoms with Gasteiger partial charge in [0.05, 0.1) is 0 Å². The predicted octanol–water partition coefficient (Wildman–Crippen LogP) is 2.92. The van der Waals surface area contributed by atoms with E-state index in [2.05, 4.69) is 18.3 Å². The fraction of sp³-hybridized carbons (Fsp3) is 0.562. The Balaban J connectivity index is 1.70. The first-order valence-corrected chi connectivity index (χ1v) is 7.44. The summed E-state index contributed by atoms with van der Waals surface area (Å²) in [7, 11) is 0. The van der Waals surface area contributed by atoms with E-state index >= 15 is 0 Å². The highest BCUT2D eigenvalue weighted by atomic mass is 16.2. The van der Waals surface area contributed by atoms with Crippen LogP contribution in [0.2, 0.25) is 0 Å². The standard InChI is InChI=1S/C16H22N2O/c1-2-12-6-9-18(10-7-12)16(19)14-4-3-13-5-8-17-15(13)11-14/h3-4,11-12,17H,2,5-10H2,1H3. The van der Waals surface area contributed by atoms with Gasteiger partial charge in [-0.2, -0.15) is 0 Å². The smallest absolute Gasteiger partial charge is 0.253 e. The lowest BCUT2D eigenvalue weighted by Gasteiger charge is -2.31. The number of carbonyl (C=O) groups is 1. The number of rotatable bonds is 2. The number of hydrogen-bond donors (Lipinski definition) is 1. The zero-order valence-electron chi connectivity index (χ0n) is 11.6. The number of piperidine rings is 1. The van der Waals surface area contributed by atoms with E-state index < -0.39 is 0 Å². The molecule has 0 bridgehead atoms. The Morgan fingerprint density at radius 3 is 2.89 bits per heavy atom. The third-order valence-corrected chi connectivity index (χ3v) is 4.55. The molecular weight excluding hydrogens is 236 g/mol. The first-order valence-electron chi connectivity index (χ1n) is 7.44. The SMILES string of the molecule is CCC1CCN(C(=O)c2ccc3c(c2)NCC3)CC1. The van der Waals surface area contributed by atoms with E-state index in [1.165, 1.54) is 12.0 Å². The van der Waals surface area contributed by atoms with Crippen molar-refractivity contribution in [2.24, 2.45) is 5.92 Å². The van der Waals surface area contributed by atoms with Gasteiger partial charge in [-0.25, -0.2) is 0 Å². The number of amides is 1. The van der Waals surface area contributed by atoms with Crippen molar-refractivity contribution in [3.63, 3.8) is 0 Å². The maximum absolute atomic E-state index is 12.5. The molecular formula is C16H22N2O. The van der Waals surface area contributed by atoms with Gasteiger partial charge in [0, 0.05) is 30.9 Å². The molecule has 0 aliphatic carbocycles. The lowest BCUT2D eigenvalue weighted by Crippen LogP contribution is -2.38. The second-order valence-electron chi connectivity index (χ2n) is 5.69. The van der Waals surface area contributed by atoms with Gasteiger partial charge >= 0.3 is 0 Å². The van der Waals surface area contributed by atoms with Gasteiger partial charge in [-0.15, -0.1) is 0 Å². The molecule has 0 spiro atoms. The van der Waals surface area contributed by atoms with E-state index in [4.69, 9.17) is 0 Å². The lowest BCUT2D eigenvalue weighted by atomic mass is 9.94. The number of likely N-dealkylation sites (tertiary alicyclic amines) is 1. The van der Waals surface area contributed by atoms with Crippen molar-refractivity contribution in [1.82, 2.24) is 4.90 Å². The molecule has 1 fully saturated rings. The number of fused-ring (bicyclic) bond motifs is 1. The number of benzene rings is 1. The van der Waals surface area contributed by atoms with E-state index in [0.29, 0.717) is 0 Å². The molecule has 19 heavy (non-hydrogen) atoms. The average Bonchev–Trinajstić information content (AvgIpc) is 2.94. The van der Waals surface area contributed by atoms with Crippen molar-refractivity contribution in [2.45, 2.75) is 32.6 Å². The minimum atomic E-state index is 0.200. The van der Waals surface area contributed by atoms with Gasteiger partial charge in [0.2, 0.25) is 0 Å². The Morgan fingerprint density at radius 2 is 2.16 bits per heavy atom. The topological polar surface area (TPSA) is 32.3 Å². The second-order valence-corrected chi connectivity index (χ2v) is 5.69. The summed E-state index contributed by atoms with van der Waals surface area (Å²) in [6, 6.07) is 6.11. The summed E-state index contributed by atoms with van der Waals surface area (Å²) in [4.78, 5) is 14.5. The van der Waals surface area contributed by atoms with Gasteiger partial charge in [0.15, 0.2) is 0 Å². The molecule has 0 saturated carbocycles. The number of nitrogens with zero attached hydrogens (tertiary/aromatic N) is 1. The highest BCUT2D eigenvalue weighted by Crippen LogP contribution is 2.25. The predicted molar refractivity (Wildman–Crippen MR) is 77.6 cm³/mol. The molecule has 0 unspecified atom stereocenters. The van der Waals surface area contributed by atoms with Crippen LogP contribution in [0.3, 0.4) is 0 Å². The van der Waals surface area contributed by atoms with Crippen molar-refractivity contribution in [3.8, 4) is 0 Å². The Hall–Kier alpha value is -1.51. The van der Waals surface area contributed by atoms with Crippen LogP contribution in [0.4, 0.5) is 5.69 Å². The van der Waals surface area contributed by atoms with E-state index in [9.17, 15) is 4.79 Å². The molecule has 1 aromatic rings. The van der Waals surface area contributed by atoms with Crippen LogP contribution in [-0.2, 0) is 6.42 Å². The molecule has 2 aliphatic heterocycles. The van der Waals surface area contributed by atoms with Crippen molar-refractivity contribution in [3.05, 3.63) is 29.3 Å². The lowest BCUT2D eigenvalue weighted by molar-refractivity contribution is 0.0689. The Morgan fingerprint density at radius 1 is 1.37 bits per heavy atom. The average molecular weight is 258 g/mol. The van der Waals surface area contributed by atoms with Crippen molar-refractivity contribution < 1.29 is 4.79 Å². The summed E-state index contributed by atoms with van der Waals surface area (Å²) in [5, 5.41) is 3.34. The highest BCUT2D eigenvalue weighted by molar-refractivity contribution is 5.95. The van der Waals surface area contributed by atoms with Crippen LogP contribution >= 0.6 is 0 Å². The molecule has 0 aromatic heterocycles. The Labute approximate surface area is 115 Å². The van der Waals surface area contributed by atoms with Gasteiger partial charge in [0.25, 0.3) is 5.91 Å². The molecule has 1 N–H and O–H groups in total. The van der Waals surface area contributed by atoms with Gasteiger partial charge in [-0.3, -0.25) is 4.79 Å². The molecule has 1 aromatic carbocycles. The monoisotopic (exact) mass is 258 g/mol. The molecule has 2 heterocycles. The molecule has 3 heteroatoms. The summed E-state index contributed by atoms with van der Waals surface area (Å²) >= 11 is 0. The largest absolute Gasteiger partial charge is 0.384 e. The van der Waals surface area contributed by atoms with E-state index in [1.54, 1.807) is 0 Å². The molecule has 3 rings (SSSR count). The van der Waals surface area contributed by atoms with E-state index in [1.807, 2.05) is 17.0 Å². The first-order chi connectivity index (χ1) is 9.28. The minimum absolute atomic E-state index is 0.200. The maximum Gasteiger partial charge on any atom is 0.253 e. The molecule has 0 radical (unpaired) electrons. The van der Waals surface area contributed by atoms with E-state index in [-0.39, 0.29) is 5.91 Å². The highest BCUT2D eigenvalue weighted by Gasteiger charge is 2.23. The molecule has 102 valence electrons. The molecule has 1 amide bonds. The third kappa shape index (κ3) is 2.46. The van der Waals surface area contributed by atoms with Gasteiger partial charge in [0.1, 0.15) is 0 Å². The fourth-order valence-electron chi connectivity index (χ4n) is 3.15. The van der Waals surface area contributed by atoms with Crippen LogP contribution in [0.5, 0.6) is 0 Å². The summed E-state index contributed by atoms with van der Waals surface area (Å²) in [5.74, 6) is 1.01. The molecule has 0 atom stereocenters. The second kappa shape index (κ2) is 5.24. The van der Waals surface area contributed by atoms with Crippen molar-refractivity contribution in [1.29, 1.82) is 0 Å². The number of nitrogens with one attached hydrogen (secondary N) is 1. The maximum atomic E-state index is 12.5. The minimum Gasteiger partial charge on any atom is -0.384 e. The van der Waals surface area contributed by atoms with Crippen LogP contribution in [0.1, 0.15) is 42.1 Å². The quantitative estimate of drug-likeness (QED) is 0.884. The van der Waals surface area contributed by atoms with Crippen LogP contribution < -0.4 is 5.32 Å². The normalized spacial score (nSPS) is 19.1. The fourth-order valence-corrected chi connectivity index (χ4v) is 3.15.